The molecule has 0 saturated heterocycles. The largest absolute Gasteiger partial charge is 0.466 e. The molecule has 0 aromatic heterocycles. The molecular formula is C15H26O3. The molecule has 0 aromatic rings. The molecule has 0 aliphatic heterocycles. The lowest BCUT2D eigenvalue weighted by Gasteiger charge is -2.24. The first kappa shape index (κ1) is 15.2. The minimum Gasteiger partial charge on any atom is -0.466 e. The number of hydrogen-bond acceptors (Lipinski definition) is 3. The van der Waals surface area contributed by atoms with Crippen molar-refractivity contribution in [1.29, 1.82) is 0 Å². The van der Waals surface area contributed by atoms with Gasteiger partial charge in [0.1, 0.15) is 5.78 Å². The van der Waals surface area contributed by atoms with Gasteiger partial charge in [0.2, 0.25) is 0 Å². The number of hydrogen-bond donors (Lipinski definition) is 0. The van der Waals surface area contributed by atoms with E-state index in [1.165, 1.54) is 0 Å². The van der Waals surface area contributed by atoms with Gasteiger partial charge in [-0.2, -0.15) is 0 Å². The third-order valence-corrected chi connectivity index (χ3v) is 3.81. The zero-order valence-electron chi connectivity index (χ0n) is 11.7. The van der Waals surface area contributed by atoms with Gasteiger partial charge in [0.25, 0.3) is 0 Å². The van der Waals surface area contributed by atoms with E-state index in [4.69, 9.17) is 4.74 Å². The van der Waals surface area contributed by atoms with Crippen LogP contribution in [0.4, 0.5) is 0 Å². The summed E-state index contributed by atoms with van der Waals surface area (Å²) in [5.41, 5.74) is 0. The maximum atomic E-state index is 11.9. The number of carbonyl (C=O) groups is 2. The van der Waals surface area contributed by atoms with Crippen LogP contribution >= 0.6 is 0 Å². The average molecular weight is 254 g/mol. The van der Waals surface area contributed by atoms with Gasteiger partial charge in [-0.1, -0.05) is 33.1 Å². The highest BCUT2D eigenvalue weighted by atomic mass is 16.5. The Kier molecular flexibility index (Phi) is 6.99. The summed E-state index contributed by atoms with van der Waals surface area (Å²) in [7, 11) is 0. The Labute approximate surface area is 110 Å². The zero-order chi connectivity index (χ0) is 13.4. The highest BCUT2D eigenvalue weighted by molar-refractivity contribution is 5.84. The number of esters is 1. The summed E-state index contributed by atoms with van der Waals surface area (Å²) in [6.07, 6.45) is 6.86. The van der Waals surface area contributed by atoms with Gasteiger partial charge in [-0.05, 0) is 25.2 Å². The van der Waals surface area contributed by atoms with Gasteiger partial charge in [0, 0.05) is 12.3 Å². The summed E-state index contributed by atoms with van der Waals surface area (Å²) in [4.78, 5) is 23.3. The molecule has 0 N–H and O–H groups in total. The second-order valence-corrected chi connectivity index (χ2v) is 5.50. The van der Waals surface area contributed by atoms with Crippen LogP contribution in [0.3, 0.4) is 0 Å². The Morgan fingerprint density at radius 3 is 2.39 bits per heavy atom. The maximum Gasteiger partial charge on any atom is 0.306 e. The van der Waals surface area contributed by atoms with Crippen molar-refractivity contribution in [3.63, 3.8) is 0 Å². The van der Waals surface area contributed by atoms with Crippen LogP contribution in [-0.4, -0.2) is 18.4 Å². The number of unbranched alkanes of at least 4 members (excludes halogenated alkanes) is 1. The third kappa shape index (κ3) is 5.65. The topological polar surface area (TPSA) is 43.4 Å². The quantitative estimate of drug-likeness (QED) is 0.516. The van der Waals surface area contributed by atoms with Crippen molar-refractivity contribution in [2.75, 3.05) is 6.61 Å². The minimum atomic E-state index is -0.221. The Hall–Kier alpha value is -0.860. The van der Waals surface area contributed by atoms with Crippen molar-refractivity contribution in [1.82, 2.24) is 0 Å². The predicted octanol–water partition coefficient (Wildman–Crippen LogP) is 3.51. The van der Waals surface area contributed by atoms with Gasteiger partial charge >= 0.3 is 5.97 Å². The lowest BCUT2D eigenvalue weighted by atomic mass is 9.80. The Morgan fingerprint density at radius 2 is 1.78 bits per heavy atom. The van der Waals surface area contributed by atoms with E-state index in [-0.39, 0.29) is 24.1 Å². The number of ketones is 1. The molecule has 0 bridgehead atoms. The molecule has 0 amide bonds. The van der Waals surface area contributed by atoms with Gasteiger partial charge in [-0.3, -0.25) is 9.59 Å². The first-order valence-electron chi connectivity index (χ1n) is 7.31. The summed E-state index contributed by atoms with van der Waals surface area (Å²) in [6, 6.07) is 0. The monoisotopic (exact) mass is 254 g/mol. The van der Waals surface area contributed by atoms with E-state index in [9.17, 15) is 9.59 Å². The van der Waals surface area contributed by atoms with Crippen molar-refractivity contribution in [2.24, 2.45) is 11.8 Å². The number of carbonyl (C=O) groups excluding carboxylic acids is 2. The number of rotatable bonds is 7. The van der Waals surface area contributed by atoms with Crippen LogP contribution in [0.2, 0.25) is 0 Å². The molecule has 3 heteroatoms. The van der Waals surface area contributed by atoms with E-state index in [1.54, 1.807) is 0 Å². The van der Waals surface area contributed by atoms with E-state index in [0.29, 0.717) is 13.0 Å². The first-order chi connectivity index (χ1) is 8.63. The Balaban J connectivity index is 2.14. The van der Waals surface area contributed by atoms with Crippen molar-refractivity contribution >= 4 is 11.8 Å². The van der Waals surface area contributed by atoms with Crippen LogP contribution in [0.1, 0.15) is 65.2 Å². The van der Waals surface area contributed by atoms with Crippen LogP contribution in [-0.2, 0) is 14.3 Å². The number of Topliss-reactive ketones (excluding diaryl/α,β-unsaturated/α-hetero) is 1. The fourth-order valence-electron chi connectivity index (χ4n) is 2.41. The Morgan fingerprint density at radius 1 is 1.11 bits per heavy atom. The van der Waals surface area contributed by atoms with Crippen LogP contribution in [0.15, 0.2) is 0 Å². The average Bonchev–Trinajstić information content (AvgIpc) is 2.37. The summed E-state index contributed by atoms with van der Waals surface area (Å²) in [6.45, 7) is 4.79. The molecule has 18 heavy (non-hydrogen) atoms. The molecule has 3 nitrogen and oxygen atoms in total. The molecule has 0 spiro atoms. The maximum absolute atomic E-state index is 11.9. The van der Waals surface area contributed by atoms with Crippen molar-refractivity contribution in [3.05, 3.63) is 0 Å². The van der Waals surface area contributed by atoms with Gasteiger partial charge in [-0.15, -0.1) is 0 Å². The highest BCUT2D eigenvalue weighted by Gasteiger charge is 2.24. The fourth-order valence-corrected chi connectivity index (χ4v) is 2.41. The molecule has 1 fully saturated rings. The molecule has 0 radical (unpaired) electrons. The van der Waals surface area contributed by atoms with E-state index in [0.717, 1.165) is 44.4 Å². The van der Waals surface area contributed by atoms with Crippen LogP contribution in [0.5, 0.6) is 0 Å². The van der Waals surface area contributed by atoms with Gasteiger partial charge in [0.05, 0.1) is 13.0 Å². The van der Waals surface area contributed by atoms with Crippen LogP contribution < -0.4 is 0 Å². The van der Waals surface area contributed by atoms with Crippen molar-refractivity contribution < 1.29 is 14.3 Å². The predicted molar refractivity (Wildman–Crippen MR) is 71.2 cm³/mol. The second-order valence-electron chi connectivity index (χ2n) is 5.50. The van der Waals surface area contributed by atoms with Crippen molar-refractivity contribution in [2.45, 2.75) is 65.2 Å². The molecule has 104 valence electrons. The van der Waals surface area contributed by atoms with E-state index in [2.05, 4.69) is 13.8 Å². The number of ether oxygens (including phenoxy) is 1. The third-order valence-electron chi connectivity index (χ3n) is 3.81. The molecule has 1 rings (SSSR count). The zero-order valence-corrected chi connectivity index (χ0v) is 11.7. The molecule has 1 aliphatic carbocycles. The standard InChI is InChI=1S/C15H26O3/c1-3-4-11-18-15(17)10-9-14(16)13-7-5-12(2)6-8-13/h12-13H,3-11H2,1-2H3. The minimum absolute atomic E-state index is 0.199. The molecular weight excluding hydrogens is 228 g/mol. The van der Waals surface area contributed by atoms with Gasteiger partial charge in [-0.25, -0.2) is 0 Å². The van der Waals surface area contributed by atoms with Crippen LogP contribution in [0, 0.1) is 11.8 Å². The van der Waals surface area contributed by atoms with Gasteiger partial charge in [0.15, 0.2) is 0 Å². The Bertz CT molecular complexity index is 265. The first-order valence-corrected chi connectivity index (χ1v) is 7.31. The lowest BCUT2D eigenvalue weighted by molar-refractivity contribution is -0.145. The van der Waals surface area contributed by atoms with Crippen LogP contribution in [0.25, 0.3) is 0 Å². The van der Waals surface area contributed by atoms with Crippen molar-refractivity contribution in [3.8, 4) is 0 Å². The molecule has 1 saturated carbocycles. The summed E-state index contributed by atoms with van der Waals surface area (Å²) in [5.74, 6) is 0.994. The molecule has 0 unspecified atom stereocenters. The highest BCUT2D eigenvalue weighted by Crippen LogP contribution is 2.29. The normalized spacial score (nSPS) is 23.7. The summed E-state index contributed by atoms with van der Waals surface area (Å²) in [5, 5.41) is 0. The molecule has 0 heterocycles. The smallest absolute Gasteiger partial charge is 0.306 e. The lowest BCUT2D eigenvalue weighted by Crippen LogP contribution is -2.21. The molecule has 1 aliphatic rings. The van der Waals surface area contributed by atoms with E-state index < -0.39 is 0 Å². The second kappa shape index (κ2) is 8.28. The summed E-state index contributed by atoms with van der Waals surface area (Å²) < 4.78 is 5.05. The van der Waals surface area contributed by atoms with E-state index in [1.807, 2.05) is 0 Å². The summed E-state index contributed by atoms with van der Waals surface area (Å²) >= 11 is 0. The fraction of sp³-hybridized carbons (Fsp3) is 0.867. The molecule has 0 atom stereocenters. The van der Waals surface area contributed by atoms with Gasteiger partial charge < -0.3 is 4.74 Å². The SMILES string of the molecule is CCCCOC(=O)CCC(=O)C1CCC(C)CC1. The van der Waals surface area contributed by atoms with E-state index >= 15 is 0 Å². The molecule has 0 aromatic carbocycles.